The lowest BCUT2D eigenvalue weighted by atomic mass is 9.93. The number of benzene rings is 1. The Balaban J connectivity index is 2.10. The van der Waals surface area contributed by atoms with E-state index in [2.05, 4.69) is 0 Å². The van der Waals surface area contributed by atoms with Crippen LogP contribution in [0.1, 0.15) is 36.0 Å². The zero-order valence-electron chi connectivity index (χ0n) is 10.5. The molecule has 0 heterocycles. The molecule has 1 aliphatic rings. The van der Waals surface area contributed by atoms with Crippen molar-refractivity contribution in [3.63, 3.8) is 0 Å². The quantitative estimate of drug-likeness (QED) is 0.837. The fourth-order valence-corrected chi connectivity index (χ4v) is 2.91. The van der Waals surface area contributed by atoms with Gasteiger partial charge in [0.25, 0.3) is 5.91 Å². The second kappa shape index (κ2) is 5.61. The van der Waals surface area contributed by atoms with Gasteiger partial charge in [0.15, 0.2) is 0 Å². The van der Waals surface area contributed by atoms with Gasteiger partial charge in [0.2, 0.25) is 0 Å². The number of hydrogen-bond acceptors (Lipinski definition) is 2. The van der Waals surface area contributed by atoms with E-state index in [1.165, 1.54) is 12.1 Å². The van der Waals surface area contributed by atoms with Crippen LogP contribution in [0.15, 0.2) is 24.3 Å². The Hall–Kier alpha value is -1.22. The number of hydrogen-bond donors (Lipinski definition) is 1. The van der Waals surface area contributed by atoms with E-state index in [1.54, 1.807) is 24.1 Å². The molecule has 0 radical (unpaired) electrons. The molecule has 0 saturated heterocycles. The largest absolute Gasteiger partial charge is 0.508 e. The Morgan fingerprint density at radius 3 is 2.50 bits per heavy atom. The van der Waals surface area contributed by atoms with Crippen molar-refractivity contribution < 1.29 is 9.90 Å². The van der Waals surface area contributed by atoms with Gasteiger partial charge in [0.1, 0.15) is 5.75 Å². The lowest BCUT2D eigenvalue weighted by Gasteiger charge is -2.35. The third kappa shape index (κ3) is 2.78. The summed E-state index contributed by atoms with van der Waals surface area (Å²) in [5.74, 6) is 0.134. The van der Waals surface area contributed by atoms with E-state index >= 15 is 0 Å². The molecule has 0 aromatic heterocycles. The second-order valence-electron chi connectivity index (χ2n) is 4.83. The molecule has 1 fully saturated rings. The van der Waals surface area contributed by atoms with Gasteiger partial charge in [-0.05, 0) is 37.1 Å². The molecule has 0 spiro atoms. The Morgan fingerprint density at radius 2 is 1.89 bits per heavy atom. The SMILES string of the molecule is CN(C(=O)c1ccc(O)cc1)C1CCCCC1Cl. The van der Waals surface area contributed by atoms with E-state index in [0.717, 1.165) is 25.7 Å². The van der Waals surface area contributed by atoms with Crippen LogP contribution in [0.25, 0.3) is 0 Å². The average molecular weight is 268 g/mol. The highest BCUT2D eigenvalue weighted by Gasteiger charge is 2.29. The molecule has 0 bridgehead atoms. The van der Waals surface area contributed by atoms with E-state index < -0.39 is 0 Å². The van der Waals surface area contributed by atoms with Crippen molar-refractivity contribution in [1.29, 1.82) is 0 Å². The zero-order valence-corrected chi connectivity index (χ0v) is 11.2. The standard InChI is InChI=1S/C14H18ClNO2/c1-16(13-5-3-2-4-12(13)15)14(18)10-6-8-11(17)9-7-10/h6-9,12-13,17H,2-5H2,1H3. The number of carbonyl (C=O) groups excluding carboxylic acids is 1. The summed E-state index contributed by atoms with van der Waals surface area (Å²) in [6, 6.07) is 6.45. The molecule has 2 atom stereocenters. The van der Waals surface area contributed by atoms with Gasteiger partial charge in [0, 0.05) is 18.7 Å². The first-order valence-electron chi connectivity index (χ1n) is 6.30. The van der Waals surface area contributed by atoms with Crippen LogP contribution >= 0.6 is 11.6 Å². The summed E-state index contributed by atoms with van der Waals surface area (Å²) in [4.78, 5) is 14.0. The maximum Gasteiger partial charge on any atom is 0.253 e. The molecule has 2 unspecified atom stereocenters. The van der Waals surface area contributed by atoms with Gasteiger partial charge in [0.05, 0.1) is 5.38 Å². The minimum atomic E-state index is -0.0347. The smallest absolute Gasteiger partial charge is 0.253 e. The van der Waals surface area contributed by atoms with Crippen LogP contribution in [0.4, 0.5) is 0 Å². The van der Waals surface area contributed by atoms with Crippen molar-refractivity contribution in [2.75, 3.05) is 7.05 Å². The topological polar surface area (TPSA) is 40.5 Å². The summed E-state index contributed by atoms with van der Waals surface area (Å²) < 4.78 is 0. The van der Waals surface area contributed by atoms with E-state index in [0.29, 0.717) is 5.56 Å². The van der Waals surface area contributed by atoms with Gasteiger partial charge in [-0.15, -0.1) is 11.6 Å². The molecule has 2 rings (SSSR count). The first-order chi connectivity index (χ1) is 8.59. The van der Waals surface area contributed by atoms with Crippen molar-refractivity contribution in [2.24, 2.45) is 0 Å². The molecule has 1 amide bonds. The Kier molecular flexibility index (Phi) is 4.12. The summed E-state index contributed by atoms with van der Waals surface area (Å²) in [6.45, 7) is 0. The summed E-state index contributed by atoms with van der Waals surface area (Å²) >= 11 is 6.30. The summed E-state index contributed by atoms with van der Waals surface area (Å²) in [6.07, 6.45) is 4.21. The second-order valence-corrected chi connectivity index (χ2v) is 5.39. The fraction of sp³-hybridized carbons (Fsp3) is 0.500. The van der Waals surface area contributed by atoms with Crippen molar-refractivity contribution in [3.05, 3.63) is 29.8 Å². The van der Waals surface area contributed by atoms with Gasteiger partial charge >= 0.3 is 0 Å². The maximum atomic E-state index is 12.3. The number of halogens is 1. The molecule has 1 aliphatic carbocycles. The Morgan fingerprint density at radius 1 is 1.28 bits per heavy atom. The number of phenols is 1. The summed E-state index contributed by atoms with van der Waals surface area (Å²) in [7, 11) is 1.81. The highest BCUT2D eigenvalue weighted by atomic mass is 35.5. The normalized spacial score (nSPS) is 23.7. The third-order valence-electron chi connectivity index (χ3n) is 3.58. The summed E-state index contributed by atoms with van der Waals surface area (Å²) in [5.41, 5.74) is 0.588. The molecule has 18 heavy (non-hydrogen) atoms. The minimum Gasteiger partial charge on any atom is -0.508 e. The number of phenolic OH excluding ortho intramolecular Hbond substituents is 1. The number of alkyl halides is 1. The number of rotatable bonds is 2. The molecule has 1 saturated carbocycles. The Labute approximate surface area is 112 Å². The van der Waals surface area contributed by atoms with E-state index in [1.807, 2.05) is 0 Å². The van der Waals surface area contributed by atoms with E-state index in [-0.39, 0.29) is 23.1 Å². The maximum absolute atomic E-state index is 12.3. The number of carbonyl (C=O) groups is 1. The van der Waals surface area contributed by atoms with Crippen LogP contribution < -0.4 is 0 Å². The molecule has 98 valence electrons. The van der Waals surface area contributed by atoms with Crippen LogP contribution in [0, 0.1) is 0 Å². The zero-order chi connectivity index (χ0) is 13.1. The number of nitrogens with zero attached hydrogens (tertiary/aromatic N) is 1. The molecule has 4 heteroatoms. The van der Waals surface area contributed by atoms with Crippen molar-refractivity contribution >= 4 is 17.5 Å². The van der Waals surface area contributed by atoms with Crippen molar-refractivity contribution in [1.82, 2.24) is 4.90 Å². The van der Waals surface area contributed by atoms with Crippen LogP contribution in [-0.4, -0.2) is 34.4 Å². The molecule has 3 nitrogen and oxygen atoms in total. The molecular weight excluding hydrogens is 250 g/mol. The van der Waals surface area contributed by atoms with Crippen LogP contribution in [0.3, 0.4) is 0 Å². The summed E-state index contributed by atoms with van der Waals surface area (Å²) in [5, 5.41) is 9.27. The van der Waals surface area contributed by atoms with Gasteiger partial charge in [-0.3, -0.25) is 4.79 Å². The first-order valence-corrected chi connectivity index (χ1v) is 6.73. The van der Waals surface area contributed by atoms with Gasteiger partial charge in [-0.25, -0.2) is 0 Å². The third-order valence-corrected chi connectivity index (χ3v) is 4.09. The lowest BCUT2D eigenvalue weighted by molar-refractivity contribution is 0.0700. The predicted octanol–water partition coefficient (Wildman–Crippen LogP) is 3.01. The molecular formula is C14H18ClNO2. The van der Waals surface area contributed by atoms with E-state index in [9.17, 15) is 9.90 Å². The Bertz CT molecular complexity index is 418. The average Bonchev–Trinajstić information content (AvgIpc) is 2.38. The number of amides is 1. The highest BCUT2D eigenvalue weighted by molar-refractivity contribution is 6.21. The van der Waals surface area contributed by atoms with E-state index in [4.69, 9.17) is 11.6 Å². The van der Waals surface area contributed by atoms with Crippen LogP contribution in [-0.2, 0) is 0 Å². The van der Waals surface area contributed by atoms with Crippen molar-refractivity contribution in [2.45, 2.75) is 37.1 Å². The monoisotopic (exact) mass is 267 g/mol. The fourth-order valence-electron chi connectivity index (χ4n) is 2.46. The van der Waals surface area contributed by atoms with Crippen LogP contribution in [0.2, 0.25) is 0 Å². The predicted molar refractivity (Wildman–Crippen MR) is 72.1 cm³/mol. The van der Waals surface area contributed by atoms with Gasteiger partial charge in [-0.1, -0.05) is 12.8 Å². The molecule has 0 aliphatic heterocycles. The first kappa shape index (κ1) is 13.2. The van der Waals surface area contributed by atoms with Crippen LogP contribution in [0.5, 0.6) is 5.75 Å². The van der Waals surface area contributed by atoms with Gasteiger partial charge < -0.3 is 10.0 Å². The minimum absolute atomic E-state index is 0.0347. The molecule has 1 N–H and O–H groups in total. The lowest BCUT2D eigenvalue weighted by Crippen LogP contribution is -2.44. The highest BCUT2D eigenvalue weighted by Crippen LogP contribution is 2.27. The molecule has 1 aromatic rings. The van der Waals surface area contributed by atoms with Crippen molar-refractivity contribution in [3.8, 4) is 5.75 Å². The van der Waals surface area contributed by atoms with Gasteiger partial charge in [-0.2, -0.15) is 0 Å². The molecule has 1 aromatic carbocycles. The number of aromatic hydroxyl groups is 1.